The summed E-state index contributed by atoms with van der Waals surface area (Å²) in [6.07, 6.45) is 12.3. The summed E-state index contributed by atoms with van der Waals surface area (Å²) >= 11 is 0. The van der Waals surface area contributed by atoms with Crippen molar-refractivity contribution in [1.29, 1.82) is 0 Å². The summed E-state index contributed by atoms with van der Waals surface area (Å²) < 4.78 is 64.9. The van der Waals surface area contributed by atoms with Crippen molar-refractivity contribution in [3.8, 4) is 11.1 Å². The Morgan fingerprint density at radius 3 is 1.08 bits per heavy atom. The Balaban J connectivity index is 0.000000486. The van der Waals surface area contributed by atoms with Gasteiger partial charge in [0.15, 0.2) is 0 Å². The molecule has 6 rings (SSSR count). The molecule has 2 saturated heterocycles. The van der Waals surface area contributed by atoms with Crippen molar-refractivity contribution in [3.63, 3.8) is 0 Å². The van der Waals surface area contributed by atoms with Gasteiger partial charge in [-0.15, -0.1) is 0 Å². The molecule has 0 spiro atoms. The third kappa shape index (κ3) is 14.6. The Morgan fingerprint density at radius 1 is 0.500 bits per heavy atom. The van der Waals surface area contributed by atoms with Crippen LogP contribution in [0, 0.1) is 11.8 Å². The highest BCUT2D eigenvalue weighted by Gasteiger charge is 2.13. The molecular formula is C40H52N2O8S2. The smallest absolute Gasteiger partial charge is 0.295 e. The summed E-state index contributed by atoms with van der Waals surface area (Å²) in [6, 6.07) is 27.8. The van der Waals surface area contributed by atoms with Crippen molar-refractivity contribution in [3.05, 3.63) is 119 Å². The first kappa shape index (κ1) is 44.2. The summed E-state index contributed by atoms with van der Waals surface area (Å²) in [7, 11) is -8.61. The second kappa shape index (κ2) is 21.5. The zero-order valence-corrected chi connectivity index (χ0v) is 31.3. The van der Waals surface area contributed by atoms with Gasteiger partial charge in [-0.05, 0) is 109 Å². The molecule has 0 radical (unpaired) electrons. The molecule has 8 N–H and O–H groups in total. The van der Waals surface area contributed by atoms with Gasteiger partial charge >= 0.3 is 0 Å². The lowest BCUT2D eigenvalue weighted by Crippen LogP contribution is -2.26. The molecule has 0 atom stereocenters. The lowest BCUT2D eigenvalue weighted by molar-refractivity contribution is 0.402. The summed E-state index contributed by atoms with van der Waals surface area (Å²) in [4.78, 5) is -0.290. The third-order valence-electron chi connectivity index (χ3n) is 8.71. The standard InChI is InChI=1S/C28H22O6S2.2C6H13N.2H2O/c29-35(30,31)27-7-3-1-5-25(27)19-13-21-9-15-23(16-10-21)24-17-11-22(12-18-24)14-20-26-6-2-4-8-28(26)36(32,33)34;2*1-6-2-4-7-5-3-6;;/h1-20H,(H,29,30,31)(H,32,33,34);2*6-7H,2-5H2,1H3;2*1H2/b19-13+,20-14+;;;;. The molecule has 10 nitrogen and oxygen atoms in total. The van der Waals surface area contributed by atoms with Gasteiger partial charge in [-0.3, -0.25) is 9.11 Å². The molecule has 12 heteroatoms. The molecule has 0 aliphatic carbocycles. The monoisotopic (exact) mass is 752 g/mol. The number of hydrogen-bond acceptors (Lipinski definition) is 6. The van der Waals surface area contributed by atoms with Gasteiger partial charge in [-0.1, -0.05) is 123 Å². The molecule has 0 saturated carbocycles. The van der Waals surface area contributed by atoms with Crippen LogP contribution in [0.4, 0.5) is 0 Å². The molecule has 2 heterocycles. The normalized spacial score (nSPS) is 15.4. The number of piperidine rings is 2. The van der Waals surface area contributed by atoms with E-state index in [4.69, 9.17) is 0 Å². The molecule has 4 aromatic carbocycles. The van der Waals surface area contributed by atoms with Crippen LogP contribution in [0.25, 0.3) is 35.4 Å². The van der Waals surface area contributed by atoms with Gasteiger partial charge < -0.3 is 21.6 Å². The van der Waals surface area contributed by atoms with E-state index in [1.165, 1.54) is 64.0 Å². The first-order valence-electron chi connectivity index (χ1n) is 17.0. The highest BCUT2D eigenvalue weighted by molar-refractivity contribution is 7.86. The van der Waals surface area contributed by atoms with E-state index in [-0.39, 0.29) is 20.7 Å². The van der Waals surface area contributed by atoms with Crippen molar-refractivity contribution in [2.45, 2.75) is 49.3 Å². The second-order valence-electron chi connectivity index (χ2n) is 12.8. The zero-order chi connectivity index (χ0) is 36.0. The predicted octanol–water partition coefficient (Wildman–Crippen LogP) is 6.55. The molecule has 2 aliphatic heterocycles. The van der Waals surface area contributed by atoms with Gasteiger partial charge in [0.1, 0.15) is 9.79 Å². The predicted molar refractivity (Wildman–Crippen MR) is 212 cm³/mol. The van der Waals surface area contributed by atoms with E-state index < -0.39 is 20.2 Å². The van der Waals surface area contributed by atoms with E-state index in [2.05, 4.69) is 24.5 Å². The fraction of sp³-hybridized carbons (Fsp3) is 0.300. The van der Waals surface area contributed by atoms with E-state index in [0.717, 1.165) is 34.1 Å². The summed E-state index contributed by atoms with van der Waals surface area (Å²) in [6.45, 7) is 9.59. The van der Waals surface area contributed by atoms with Crippen LogP contribution in [0.5, 0.6) is 0 Å². The first-order valence-corrected chi connectivity index (χ1v) is 19.9. The molecule has 0 amide bonds. The van der Waals surface area contributed by atoms with E-state index >= 15 is 0 Å². The summed E-state index contributed by atoms with van der Waals surface area (Å²) in [5.74, 6) is 1.95. The number of nitrogens with one attached hydrogen (secondary N) is 2. The highest BCUT2D eigenvalue weighted by Crippen LogP contribution is 2.24. The lowest BCUT2D eigenvalue weighted by Gasteiger charge is -2.17. The van der Waals surface area contributed by atoms with Crippen molar-refractivity contribution in [1.82, 2.24) is 10.6 Å². The topological polar surface area (TPSA) is 196 Å². The van der Waals surface area contributed by atoms with E-state index in [1.54, 1.807) is 60.7 Å². The van der Waals surface area contributed by atoms with Crippen molar-refractivity contribution >= 4 is 44.5 Å². The van der Waals surface area contributed by atoms with Crippen LogP contribution >= 0.6 is 0 Å². The quantitative estimate of drug-likeness (QED) is 0.120. The van der Waals surface area contributed by atoms with Crippen molar-refractivity contribution in [2.24, 2.45) is 11.8 Å². The molecule has 282 valence electrons. The minimum absolute atomic E-state index is 0. The minimum Gasteiger partial charge on any atom is -0.412 e. The molecule has 0 aromatic heterocycles. The average molecular weight is 753 g/mol. The van der Waals surface area contributed by atoms with Crippen molar-refractivity contribution < 1.29 is 36.9 Å². The van der Waals surface area contributed by atoms with Gasteiger partial charge in [0.25, 0.3) is 20.2 Å². The Labute approximate surface area is 308 Å². The molecule has 2 aliphatic rings. The Bertz CT molecular complexity index is 1790. The van der Waals surface area contributed by atoms with Crippen LogP contribution in [-0.2, 0) is 20.2 Å². The van der Waals surface area contributed by atoms with Crippen molar-refractivity contribution in [2.75, 3.05) is 26.2 Å². The highest BCUT2D eigenvalue weighted by atomic mass is 32.2. The van der Waals surface area contributed by atoms with Crippen LogP contribution in [0.15, 0.2) is 107 Å². The van der Waals surface area contributed by atoms with Gasteiger partial charge in [-0.2, -0.15) is 16.8 Å². The van der Waals surface area contributed by atoms with Gasteiger partial charge in [0.05, 0.1) is 0 Å². The van der Waals surface area contributed by atoms with Gasteiger partial charge in [0, 0.05) is 0 Å². The number of benzene rings is 4. The minimum atomic E-state index is -4.31. The average Bonchev–Trinajstić information content (AvgIpc) is 3.11. The fourth-order valence-corrected chi connectivity index (χ4v) is 6.95. The van der Waals surface area contributed by atoms with Crippen LogP contribution in [0.3, 0.4) is 0 Å². The van der Waals surface area contributed by atoms with E-state index in [1.807, 2.05) is 48.5 Å². The maximum atomic E-state index is 11.5. The Kier molecular flexibility index (Phi) is 18.3. The van der Waals surface area contributed by atoms with Gasteiger partial charge in [-0.25, -0.2) is 0 Å². The molecule has 52 heavy (non-hydrogen) atoms. The largest absolute Gasteiger partial charge is 0.412 e. The lowest BCUT2D eigenvalue weighted by atomic mass is 10.0. The number of rotatable bonds is 7. The maximum absolute atomic E-state index is 11.5. The van der Waals surface area contributed by atoms with Gasteiger partial charge in [0.2, 0.25) is 0 Å². The fourth-order valence-electron chi connectivity index (χ4n) is 5.58. The molecule has 0 unspecified atom stereocenters. The van der Waals surface area contributed by atoms with Crippen LogP contribution < -0.4 is 10.6 Å². The molecule has 2 fully saturated rings. The SMILES string of the molecule is CC1CCNCC1.CC1CCNCC1.O.O.O=S(=O)(O)c1ccccc1/C=C/c1ccc(-c2ccc(/C=C/c3ccccc3S(=O)(=O)O)cc2)cc1. The Hall–Kier alpha value is -3.98. The first-order chi connectivity index (χ1) is 23.9. The maximum Gasteiger partial charge on any atom is 0.295 e. The summed E-state index contributed by atoms with van der Waals surface area (Å²) in [5.41, 5.74) is 4.48. The van der Waals surface area contributed by atoms with Crippen LogP contribution in [0.2, 0.25) is 0 Å². The summed E-state index contributed by atoms with van der Waals surface area (Å²) in [5, 5.41) is 6.63. The number of hydrogen-bond donors (Lipinski definition) is 4. The molecule has 0 bridgehead atoms. The van der Waals surface area contributed by atoms with Crippen LogP contribution in [0.1, 0.15) is 61.8 Å². The van der Waals surface area contributed by atoms with Crippen LogP contribution in [-0.4, -0.2) is 63.1 Å². The molecule has 4 aromatic rings. The zero-order valence-electron chi connectivity index (χ0n) is 29.7. The second-order valence-corrected chi connectivity index (χ2v) is 15.6. The molecular weight excluding hydrogens is 701 g/mol. The van der Waals surface area contributed by atoms with E-state index in [9.17, 15) is 25.9 Å². The van der Waals surface area contributed by atoms with E-state index in [0.29, 0.717) is 11.1 Å². The third-order valence-corrected chi connectivity index (χ3v) is 10.6. The Morgan fingerprint density at radius 2 is 0.808 bits per heavy atom.